The second-order valence-electron chi connectivity index (χ2n) is 4.91. The molecule has 1 atom stereocenters. The van der Waals surface area contributed by atoms with Gasteiger partial charge in [-0.05, 0) is 41.8 Å². The van der Waals surface area contributed by atoms with Crippen molar-refractivity contribution in [2.45, 2.75) is 38.3 Å². The highest BCUT2D eigenvalue weighted by atomic mass is 79.9. The predicted molar refractivity (Wildman–Crippen MR) is 80.3 cm³/mol. The van der Waals surface area contributed by atoms with Gasteiger partial charge >= 0.3 is 5.97 Å². The maximum atomic E-state index is 12.5. The number of ketones is 1. The zero-order chi connectivity index (χ0) is 15.4. The molecule has 0 radical (unpaired) electrons. The number of Topliss-reactive ketones (excluding diaryl/α,β-unsaturated/α-hetero) is 1. The van der Waals surface area contributed by atoms with E-state index in [1.807, 2.05) is 0 Å². The van der Waals surface area contributed by atoms with Crippen molar-refractivity contribution >= 4 is 27.7 Å². The summed E-state index contributed by atoms with van der Waals surface area (Å²) in [6, 6.07) is 0.540. The van der Waals surface area contributed by atoms with Crippen LogP contribution in [0.3, 0.4) is 0 Å². The molecule has 0 aromatic carbocycles. The molecule has 1 aromatic heterocycles. The second-order valence-corrected chi connectivity index (χ2v) is 5.76. The predicted octanol–water partition coefficient (Wildman–Crippen LogP) is 1.39. The van der Waals surface area contributed by atoms with Gasteiger partial charge in [0.25, 0.3) is 5.56 Å². The fraction of sp³-hybridized carbons (Fsp3) is 0.500. The molecule has 1 heterocycles. The van der Waals surface area contributed by atoms with Crippen molar-refractivity contribution < 1.29 is 14.3 Å². The highest BCUT2D eigenvalue weighted by Crippen LogP contribution is 2.20. The van der Waals surface area contributed by atoms with Crippen LogP contribution < -0.4 is 10.9 Å². The summed E-state index contributed by atoms with van der Waals surface area (Å²) in [4.78, 5) is 38.3. The monoisotopic (exact) mass is 356 g/mol. The highest BCUT2D eigenvalue weighted by Gasteiger charge is 2.33. The molecular formula is C14H17BrN2O4. The average Bonchev–Trinajstić information content (AvgIpc) is 2.40. The van der Waals surface area contributed by atoms with Crippen molar-refractivity contribution in [1.29, 1.82) is 0 Å². The molecule has 2 rings (SSSR count). The van der Waals surface area contributed by atoms with E-state index < -0.39 is 17.8 Å². The SMILES string of the molecule is CCOC(=O)C(NC1CCC1)C(=O)c1c[nH]c(=O)c(Br)c1. The van der Waals surface area contributed by atoms with Crippen LogP contribution in [0.5, 0.6) is 0 Å². The Hall–Kier alpha value is -1.47. The van der Waals surface area contributed by atoms with Crippen molar-refractivity contribution in [2.75, 3.05) is 6.61 Å². The second kappa shape index (κ2) is 7.00. The van der Waals surface area contributed by atoms with Crippen LogP contribution in [0.25, 0.3) is 0 Å². The van der Waals surface area contributed by atoms with Crippen LogP contribution in [0.15, 0.2) is 21.5 Å². The molecule has 114 valence electrons. The Kier molecular flexibility index (Phi) is 5.30. The number of pyridine rings is 1. The summed E-state index contributed by atoms with van der Waals surface area (Å²) in [7, 11) is 0. The molecule has 21 heavy (non-hydrogen) atoms. The largest absolute Gasteiger partial charge is 0.464 e. The van der Waals surface area contributed by atoms with Crippen LogP contribution >= 0.6 is 15.9 Å². The van der Waals surface area contributed by atoms with E-state index in [0.29, 0.717) is 0 Å². The van der Waals surface area contributed by atoms with Crippen molar-refractivity contribution in [3.8, 4) is 0 Å². The van der Waals surface area contributed by atoms with E-state index in [1.165, 1.54) is 12.3 Å². The lowest BCUT2D eigenvalue weighted by Crippen LogP contribution is -2.51. The van der Waals surface area contributed by atoms with Gasteiger partial charge in [0, 0.05) is 17.8 Å². The highest BCUT2D eigenvalue weighted by molar-refractivity contribution is 9.10. The van der Waals surface area contributed by atoms with Gasteiger partial charge in [0.05, 0.1) is 11.1 Å². The van der Waals surface area contributed by atoms with Crippen LogP contribution in [-0.2, 0) is 9.53 Å². The molecule has 1 fully saturated rings. The first-order valence-electron chi connectivity index (χ1n) is 6.88. The summed E-state index contributed by atoms with van der Waals surface area (Å²) in [5.41, 5.74) is -0.0717. The lowest BCUT2D eigenvalue weighted by molar-refractivity contribution is -0.144. The number of ether oxygens (including phenoxy) is 1. The zero-order valence-corrected chi connectivity index (χ0v) is 13.2. The number of carbonyl (C=O) groups is 2. The van der Waals surface area contributed by atoms with Gasteiger partial charge in [-0.3, -0.25) is 14.9 Å². The Balaban J connectivity index is 2.20. The Morgan fingerprint density at radius 2 is 2.24 bits per heavy atom. The van der Waals surface area contributed by atoms with Crippen LogP contribution in [0, 0.1) is 0 Å². The zero-order valence-electron chi connectivity index (χ0n) is 11.6. The molecule has 1 unspecified atom stereocenters. The lowest BCUT2D eigenvalue weighted by atomic mass is 9.91. The summed E-state index contributed by atoms with van der Waals surface area (Å²) in [5.74, 6) is -0.992. The first-order valence-corrected chi connectivity index (χ1v) is 7.67. The number of nitrogens with one attached hydrogen (secondary N) is 2. The van der Waals surface area contributed by atoms with Crippen LogP contribution in [0.1, 0.15) is 36.5 Å². The third-order valence-corrected chi connectivity index (χ3v) is 4.02. The first kappa shape index (κ1) is 15.9. The number of aromatic nitrogens is 1. The average molecular weight is 357 g/mol. The van der Waals surface area contributed by atoms with E-state index in [4.69, 9.17) is 4.74 Å². The van der Waals surface area contributed by atoms with Gasteiger partial charge in [-0.1, -0.05) is 6.42 Å². The van der Waals surface area contributed by atoms with Gasteiger partial charge in [-0.2, -0.15) is 0 Å². The molecule has 2 N–H and O–H groups in total. The van der Waals surface area contributed by atoms with E-state index in [1.54, 1.807) is 6.92 Å². The Morgan fingerprint density at radius 1 is 1.52 bits per heavy atom. The van der Waals surface area contributed by atoms with E-state index >= 15 is 0 Å². The van der Waals surface area contributed by atoms with E-state index in [9.17, 15) is 14.4 Å². The van der Waals surface area contributed by atoms with Gasteiger partial charge in [-0.15, -0.1) is 0 Å². The Labute approximate surface area is 130 Å². The third-order valence-electron chi connectivity index (χ3n) is 3.43. The summed E-state index contributed by atoms with van der Waals surface area (Å²) < 4.78 is 5.21. The summed E-state index contributed by atoms with van der Waals surface area (Å²) in [5, 5.41) is 3.04. The van der Waals surface area contributed by atoms with E-state index in [-0.39, 0.29) is 28.2 Å². The topological polar surface area (TPSA) is 88.3 Å². The van der Waals surface area contributed by atoms with E-state index in [0.717, 1.165) is 19.3 Å². The van der Waals surface area contributed by atoms with Crippen molar-refractivity contribution in [3.63, 3.8) is 0 Å². The molecule has 0 saturated heterocycles. The van der Waals surface area contributed by atoms with Gasteiger partial charge in [-0.25, -0.2) is 4.79 Å². The molecule has 0 bridgehead atoms. The maximum absolute atomic E-state index is 12.5. The van der Waals surface area contributed by atoms with Crippen LogP contribution in [-0.4, -0.2) is 35.4 Å². The number of hydrogen-bond donors (Lipinski definition) is 2. The van der Waals surface area contributed by atoms with Crippen LogP contribution in [0.4, 0.5) is 0 Å². The molecule has 0 spiro atoms. The molecule has 1 aromatic rings. The van der Waals surface area contributed by atoms with Gasteiger partial charge < -0.3 is 9.72 Å². The summed E-state index contributed by atoms with van der Waals surface area (Å²) in [6.45, 7) is 1.91. The molecule has 6 nitrogen and oxygen atoms in total. The standard InChI is InChI=1S/C14H17BrN2O4/c1-2-21-14(20)11(17-9-4-3-5-9)12(18)8-6-10(15)13(19)16-7-8/h6-7,9,11,17H,2-5H2,1H3,(H,16,19). The molecule has 1 saturated carbocycles. The van der Waals surface area contributed by atoms with Gasteiger partial charge in [0.2, 0.25) is 0 Å². The maximum Gasteiger partial charge on any atom is 0.331 e. The fourth-order valence-corrected chi connectivity index (χ4v) is 2.41. The number of esters is 1. The van der Waals surface area contributed by atoms with Gasteiger partial charge in [0.1, 0.15) is 0 Å². The first-order chi connectivity index (χ1) is 10.0. The molecule has 0 amide bonds. The molecule has 7 heteroatoms. The van der Waals surface area contributed by atoms with Crippen molar-refractivity contribution in [2.24, 2.45) is 0 Å². The number of H-pyrrole nitrogens is 1. The van der Waals surface area contributed by atoms with Crippen molar-refractivity contribution in [1.82, 2.24) is 10.3 Å². The minimum Gasteiger partial charge on any atom is -0.464 e. The number of halogens is 1. The quantitative estimate of drug-likeness (QED) is 0.456. The van der Waals surface area contributed by atoms with Gasteiger partial charge in [0.15, 0.2) is 11.8 Å². The minimum atomic E-state index is -1.03. The minimum absolute atomic E-state index is 0.162. The van der Waals surface area contributed by atoms with Crippen LogP contribution in [0.2, 0.25) is 0 Å². The number of rotatable bonds is 6. The summed E-state index contributed by atoms with van der Waals surface area (Å²) >= 11 is 3.07. The summed E-state index contributed by atoms with van der Waals surface area (Å²) in [6.07, 6.45) is 4.28. The smallest absolute Gasteiger partial charge is 0.331 e. The number of carbonyl (C=O) groups excluding carboxylic acids is 2. The normalized spacial score (nSPS) is 16.1. The lowest BCUT2D eigenvalue weighted by Gasteiger charge is -2.29. The molecule has 1 aliphatic rings. The fourth-order valence-electron chi connectivity index (χ4n) is 2.05. The Morgan fingerprint density at radius 3 is 2.76 bits per heavy atom. The third kappa shape index (κ3) is 3.79. The molecule has 0 aliphatic heterocycles. The molecule has 1 aliphatic carbocycles. The Bertz CT molecular complexity index is 595. The number of hydrogen-bond acceptors (Lipinski definition) is 5. The van der Waals surface area contributed by atoms with Crippen molar-refractivity contribution in [3.05, 3.63) is 32.7 Å². The van der Waals surface area contributed by atoms with E-state index in [2.05, 4.69) is 26.2 Å². The number of aromatic amines is 1. The molecular weight excluding hydrogens is 340 g/mol.